The topological polar surface area (TPSA) is 38.1 Å². The van der Waals surface area contributed by atoms with Gasteiger partial charge in [-0.3, -0.25) is 4.79 Å². The van der Waals surface area contributed by atoms with Crippen molar-refractivity contribution >= 4 is 5.91 Å². The molecule has 100 valence electrons. The molecule has 1 aromatic carbocycles. The Labute approximate surface area is 113 Å². The number of hydrogen-bond donors (Lipinski definition) is 0. The van der Waals surface area contributed by atoms with Crippen LogP contribution in [0, 0.1) is 0 Å². The minimum absolute atomic E-state index is 0.151. The number of carbonyl (C=O) groups excluding carboxylic acids is 1. The number of benzene rings is 1. The standard InChI is InChI=1S/C15H19N3O/c1-3-17(4-2)15(19)10-13-11-16-18(12-13)14-8-6-5-7-9-14/h5-9,11-12H,3-4,10H2,1-2H3. The highest BCUT2D eigenvalue weighted by atomic mass is 16.2. The van der Waals surface area contributed by atoms with Crippen LogP contribution in [0.25, 0.3) is 5.69 Å². The van der Waals surface area contributed by atoms with Gasteiger partial charge in [0, 0.05) is 19.3 Å². The van der Waals surface area contributed by atoms with Gasteiger partial charge in [0.2, 0.25) is 5.91 Å². The highest BCUT2D eigenvalue weighted by molar-refractivity contribution is 5.78. The minimum atomic E-state index is 0.151. The molecule has 0 aliphatic heterocycles. The van der Waals surface area contributed by atoms with Crippen molar-refractivity contribution in [3.05, 3.63) is 48.3 Å². The van der Waals surface area contributed by atoms with Gasteiger partial charge in [0.15, 0.2) is 0 Å². The highest BCUT2D eigenvalue weighted by Crippen LogP contribution is 2.09. The number of carbonyl (C=O) groups is 1. The fourth-order valence-electron chi connectivity index (χ4n) is 2.04. The Balaban J connectivity index is 2.08. The summed E-state index contributed by atoms with van der Waals surface area (Å²) in [6.07, 6.45) is 4.08. The Hall–Kier alpha value is -2.10. The quantitative estimate of drug-likeness (QED) is 0.824. The fraction of sp³-hybridized carbons (Fsp3) is 0.333. The Bertz CT molecular complexity index is 529. The van der Waals surface area contributed by atoms with Crippen molar-refractivity contribution in [1.82, 2.24) is 14.7 Å². The molecule has 2 aromatic rings. The van der Waals surface area contributed by atoms with Crippen molar-refractivity contribution in [2.24, 2.45) is 0 Å². The van der Waals surface area contributed by atoms with Crippen LogP contribution in [0.4, 0.5) is 0 Å². The molecule has 0 saturated carbocycles. The number of aromatic nitrogens is 2. The van der Waals surface area contributed by atoms with Crippen LogP contribution in [0.1, 0.15) is 19.4 Å². The lowest BCUT2D eigenvalue weighted by Gasteiger charge is -2.17. The van der Waals surface area contributed by atoms with Crippen molar-refractivity contribution in [1.29, 1.82) is 0 Å². The van der Waals surface area contributed by atoms with Crippen molar-refractivity contribution in [3.63, 3.8) is 0 Å². The van der Waals surface area contributed by atoms with E-state index in [1.54, 1.807) is 10.9 Å². The summed E-state index contributed by atoms with van der Waals surface area (Å²) in [4.78, 5) is 13.8. The lowest BCUT2D eigenvalue weighted by atomic mass is 10.2. The lowest BCUT2D eigenvalue weighted by molar-refractivity contribution is -0.130. The second-order valence-electron chi connectivity index (χ2n) is 4.37. The van der Waals surface area contributed by atoms with E-state index in [0.29, 0.717) is 6.42 Å². The van der Waals surface area contributed by atoms with E-state index in [-0.39, 0.29) is 5.91 Å². The first kappa shape index (κ1) is 13.3. The Morgan fingerprint density at radius 3 is 2.53 bits per heavy atom. The molecular formula is C15H19N3O. The third-order valence-corrected chi connectivity index (χ3v) is 3.13. The molecule has 0 N–H and O–H groups in total. The summed E-state index contributed by atoms with van der Waals surface area (Å²) >= 11 is 0. The van der Waals surface area contributed by atoms with Crippen molar-refractivity contribution in [2.45, 2.75) is 20.3 Å². The van der Waals surface area contributed by atoms with Gasteiger partial charge in [0.1, 0.15) is 0 Å². The maximum atomic E-state index is 12.0. The molecule has 1 heterocycles. The van der Waals surface area contributed by atoms with E-state index in [1.807, 2.05) is 55.3 Å². The molecule has 0 aliphatic rings. The largest absolute Gasteiger partial charge is 0.343 e. The smallest absolute Gasteiger partial charge is 0.227 e. The number of amides is 1. The molecule has 0 radical (unpaired) electrons. The Morgan fingerprint density at radius 1 is 1.21 bits per heavy atom. The van der Waals surface area contributed by atoms with Crippen LogP contribution >= 0.6 is 0 Å². The summed E-state index contributed by atoms with van der Waals surface area (Å²) in [6.45, 7) is 5.49. The second-order valence-corrected chi connectivity index (χ2v) is 4.37. The number of para-hydroxylation sites is 1. The highest BCUT2D eigenvalue weighted by Gasteiger charge is 2.11. The zero-order valence-corrected chi connectivity index (χ0v) is 11.4. The molecule has 1 amide bonds. The van der Waals surface area contributed by atoms with E-state index >= 15 is 0 Å². The molecule has 2 rings (SSSR count). The first-order chi connectivity index (χ1) is 9.24. The van der Waals surface area contributed by atoms with E-state index < -0.39 is 0 Å². The molecule has 4 heteroatoms. The number of hydrogen-bond acceptors (Lipinski definition) is 2. The average molecular weight is 257 g/mol. The maximum absolute atomic E-state index is 12.0. The Morgan fingerprint density at radius 2 is 1.89 bits per heavy atom. The summed E-state index contributed by atoms with van der Waals surface area (Å²) in [5.41, 5.74) is 1.95. The Kier molecular flexibility index (Phi) is 4.34. The first-order valence-electron chi connectivity index (χ1n) is 6.61. The van der Waals surface area contributed by atoms with Crippen molar-refractivity contribution < 1.29 is 4.79 Å². The molecule has 4 nitrogen and oxygen atoms in total. The normalized spacial score (nSPS) is 10.4. The van der Waals surface area contributed by atoms with Crippen LogP contribution < -0.4 is 0 Å². The molecule has 0 aliphatic carbocycles. The predicted octanol–water partition coefficient (Wildman–Crippen LogP) is 2.28. The van der Waals surface area contributed by atoms with Gasteiger partial charge in [0.05, 0.1) is 18.3 Å². The van der Waals surface area contributed by atoms with E-state index in [4.69, 9.17) is 0 Å². The van der Waals surface area contributed by atoms with Crippen LogP contribution in [0.2, 0.25) is 0 Å². The van der Waals surface area contributed by atoms with Gasteiger partial charge in [-0.05, 0) is 31.5 Å². The first-order valence-corrected chi connectivity index (χ1v) is 6.61. The van der Waals surface area contributed by atoms with Crippen LogP contribution in [-0.4, -0.2) is 33.7 Å². The monoisotopic (exact) mass is 257 g/mol. The van der Waals surface area contributed by atoms with Crippen LogP contribution in [0.15, 0.2) is 42.7 Å². The summed E-state index contributed by atoms with van der Waals surface area (Å²) in [7, 11) is 0. The van der Waals surface area contributed by atoms with Gasteiger partial charge in [-0.2, -0.15) is 5.10 Å². The van der Waals surface area contributed by atoms with E-state index in [1.165, 1.54) is 0 Å². The molecular weight excluding hydrogens is 238 g/mol. The third kappa shape index (κ3) is 3.22. The molecule has 1 aromatic heterocycles. The average Bonchev–Trinajstić information content (AvgIpc) is 2.89. The molecule has 0 unspecified atom stereocenters. The van der Waals surface area contributed by atoms with Crippen molar-refractivity contribution in [3.8, 4) is 5.69 Å². The zero-order chi connectivity index (χ0) is 13.7. The molecule has 19 heavy (non-hydrogen) atoms. The predicted molar refractivity (Wildman–Crippen MR) is 75.2 cm³/mol. The van der Waals surface area contributed by atoms with Gasteiger partial charge < -0.3 is 4.90 Å². The van der Waals surface area contributed by atoms with E-state index in [2.05, 4.69) is 5.10 Å². The van der Waals surface area contributed by atoms with Crippen LogP contribution in [0.3, 0.4) is 0 Å². The summed E-state index contributed by atoms with van der Waals surface area (Å²) < 4.78 is 1.80. The number of nitrogens with zero attached hydrogens (tertiary/aromatic N) is 3. The van der Waals surface area contributed by atoms with E-state index in [9.17, 15) is 4.79 Å². The molecule has 0 fully saturated rings. The molecule has 0 spiro atoms. The minimum Gasteiger partial charge on any atom is -0.343 e. The van der Waals surface area contributed by atoms with Gasteiger partial charge in [-0.25, -0.2) is 4.68 Å². The fourth-order valence-corrected chi connectivity index (χ4v) is 2.04. The summed E-state index contributed by atoms with van der Waals surface area (Å²) in [6, 6.07) is 9.89. The summed E-state index contributed by atoms with van der Waals surface area (Å²) in [5.74, 6) is 0.151. The van der Waals surface area contributed by atoms with Crippen LogP contribution in [0.5, 0.6) is 0 Å². The van der Waals surface area contributed by atoms with Gasteiger partial charge in [-0.1, -0.05) is 18.2 Å². The maximum Gasteiger partial charge on any atom is 0.227 e. The molecule has 0 bridgehead atoms. The molecule has 0 atom stereocenters. The molecule has 0 saturated heterocycles. The van der Waals surface area contributed by atoms with Gasteiger partial charge in [-0.15, -0.1) is 0 Å². The number of rotatable bonds is 5. The summed E-state index contributed by atoms with van der Waals surface area (Å²) in [5, 5.41) is 4.30. The van der Waals surface area contributed by atoms with Crippen molar-refractivity contribution in [2.75, 3.05) is 13.1 Å². The number of likely N-dealkylation sites (N-methyl/N-ethyl adjacent to an activating group) is 1. The lowest BCUT2D eigenvalue weighted by Crippen LogP contribution is -2.31. The third-order valence-electron chi connectivity index (χ3n) is 3.13. The zero-order valence-electron chi connectivity index (χ0n) is 11.4. The second kappa shape index (κ2) is 6.18. The van der Waals surface area contributed by atoms with Gasteiger partial charge >= 0.3 is 0 Å². The van der Waals surface area contributed by atoms with E-state index in [0.717, 1.165) is 24.3 Å². The van der Waals surface area contributed by atoms with Crippen LogP contribution in [-0.2, 0) is 11.2 Å². The van der Waals surface area contributed by atoms with Gasteiger partial charge in [0.25, 0.3) is 0 Å². The SMILES string of the molecule is CCN(CC)C(=O)Cc1cnn(-c2ccccc2)c1.